The van der Waals surface area contributed by atoms with Gasteiger partial charge in [0.2, 0.25) is 0 Å². The maximum absolute atomic E-state index is 12.4. The Morgan fingerprint density at radius 1 is 1.12 bits per heavy atom. The average molecular weight is 320 g/mol. The van der Waals surface area contributed by atoms with Gasteiger partial charge in [0.25, 0.3) is 0 Å². The Morgan fingerprint density at radius 2 is 1.92 bits per heavy atom. The molecule has 2 amide bonds. The molecular weight excluding hydrogens is 300 g/mol. The second-order valence-electron chi connectivity index (χ2n) is 5.71. The second kappa shape index (κ2) is 7.00. The zero-order valence-corrected chi connectivity index (χ0v) is 13.7. The van der Waals surface area contributed by atoms with Gasteiger partial charge in [-0.3, -0.25) is 0 Å². The SMILES string of the molecule is Cc1cccc(C(NC(=O)Nc2ccccc2)c2nccn2C)c1. The van der Waals surface area contributed by atoms with Crippen LogP contribution in [-0.2, 0) is 7.05 Å². The molecular formula is C19H20N4O. The van der Waals surface area contributed by atoms with Crippen molar-refractivity contribution >= 4 is 11.7 Å². The monoisotopic (exact) mass is 320 g/mol. The van der Waals surface area contributed by atoms with Crippen molar-refractivity contribution in [1.82, 2.24) is 14.9 Å². The lowest BCUT2D eigenvalue weighted by molar-refractivity contribution is 0.249. The van der Waals surface area contributed by atoms with Crippen LogP contribution >= 0.6 is 0 Å². The number of para-hydroxylation sites is 1. The summed E-state index contributed by atoms with van der Waals surface area (Å²) < 4.78 is 1.91. The van der Waals surface area contributed by atoms with Crippen molar-refractivity contribution in [2.45, 2.75) is 13.0 Å². The lowest BCUT2D eigenvalue weighted by Gasteiger charge is -2.20. The number of carbonyl (C=O) groups is 1. The molecule has 0 bridgehead atoms. The molecule has 1 aromatic heterocycles. The highest BCUT2D eigenvalue weighted by atomic mass is 16.2. The van der Waals surface area contributed by atoms with Crippen LogP contribution in [0.2, 0.25) is 0 Å². The zero-order valence-electron chi connectivity index (χ0n) is 13.7. The summed E-state index contributed by atoms with van der Waals surface area (Å²) in [6.07, 6.45) is 3.60. The van der Waals surface area contributed by atoms with E-state index >= 15 is 0 Å². The van der Waals surface area contributed by atoms with Crippen LogP contribution < -0.4 is 10.6 Å². The standard InChI is InChI=1S/C19H20N4O/c1-14-7-6-8-15(13-14)17(18-20-11-12-23(18)2)22-19(24)21-16-9-4-3-5-10-16/h3-13,17H,1-2H3,(H2,21,22,24). The number of amides is 2. The fourth-order valence-electron chi connectivity index (χ4n) is 2.62. The molecule has 0 spiro atoms. The van der Waals surface area contributed by atoms with Gasteiger partial charge < -0.3 is 15.2 Å². The molecule has 0 fully saturated rings. The summed E-state index contributed by atoms with van der Waals surface area (Å²) in [6, 6.07) is 16.8. The van der Waals surface area contributed by atoms with Gasteiger partial charge >= 0.3 is 6.03 Å². The Balaban J connectivity index is 1.85. The number of benzene rings is 2. The third-order valence-electron chi connectivity index (χ3n) is 3.80. The van der Waals surface area contributed by atoms with E-state index < -0.39 is 0 Å². The highest BCUT2D eigenvalue weighted by Gasteiger charge is 2.20. The van der Waals surface area contributed by atoms with Crippen LogP contribution in [0.3, 0.4) is 0 Å². The number of nitrogens with zero attached hydrogens (tertiary/aromatic N) is 2. The number of hydrogen-bond acceptors (Lipinski definition) is 2. The molecule has 0 saturated heterocycles. The number of rotatable bonds is 4. The molecule has 1 heterocycles. The zero-order chi connectivity index (χ0) is 16.9. The Morgan fingerprint density at radius 3 is 2.58 bits per heavy atom. The van der Waals surface area contributed by atoms with Crippen molar-refractivity contribution in [1.29, 1.82) is 0 Å². The number of hydrogen-bond donors (Lipinski definition) is 2. The summed E-state index contributed by atoms with van der Waals surface area (Å²) in [5.41, 5.74) is 2.88. The van der Waals surface area contributed by atoms with Crippen molar-refractivity contribution in [3.8, 4) is 0 Å². The molecule has 5 nitrogen and oxygen atoms in total. The van der Waals surface area contributed by atoms with E-state index in [1.54, 1.807) is 6.20 Å². The predicted molar refractivity (Wildman–Crippen MR) is 94.8 cm³/mol. The Kier molecular flexibility index (Phi) is 4.61. The summed E-state index contributed by atoms with van der Waals surface area (Å²) in [5.74, 6) is 0.781. The van der Waals surface area contributed by atoms with Crippen molar-refractivity contribution in [2.24, 2.45) is 7.05 Å². The number of carbonyl (C=O) groups excluding carboxylic acids is 1. The van der Waals surface area contributed by atoms with Crippen LogP contribution in [0.4, 0.5) is 10.5 Å². The first-order valence-electron chi connectivity index (χ1n) is 7.80. The van der Waals surface area contributed by atoms with Crippen LogP contribution in [-0.4, -0.2) is 15.6 Å². The van der Waals surface area contributed by atoms with Gasteiger partial charge in [-0.25, -0.2) is 9.78 Å². The molecule has 0 aliphatic heterocycles. The van der Waals surface area contributed by atoms with Crippen LogP contribution in [0, 0.1) is 6.92 Å². The van der Waals surface area contributed by atoms with Crippen LogP contribution in [0.1, 0.15) is 23.0 Å². The van der Waals surface area contributed by atoms with E-state index in [4.69, 9.17) is 0 Å². The number of anilines is 1. The van der Waals surface area contributed by atoms with Gasteiger partial charge in [0.1, 0.15) is 11.9 Å². The van der Waals surface area contributed by atoms with Gasteiger partial charge in [-0.2, -0.15) is 0 Å². The second-order valence-corrected chi connectivity index (χ2v) is 5.71. The summed E-state index contributed by atoms with van der Waals surface area (Å²) in [6.45, 7) is 2.03. The normalized spacial score (nSPS) is 11.8. The highest BCUT2D eigenvalue weighted by Crippen LogP contribution is 2.21. The van der Waals surface area contributed by atoms with Gasteiger partial charge in [-0.05, 0) is 24.6 Å². The van der Waals surface area contributed by atoms with E-state index in [9.17, 15) is 4.79 Å². The van der Waals surface area contributed by atoms with Gasteiger partial charge in [0, 0.05) is 25.1 Å². The summed E-state index contributed by atoms with van der Waals surface area (Å²) >= 11 is 0. The molecule has 0 radical (unpaired) electrons. The summed E-state index contributed by atoms with van der Waals surface area (Å²) in [4.78, 5) is 16.8. The number of imidazole rings is 1. The maximum atomic E-state index is 12.4. The molecule has 1 unspecified atom stereocenters. The first-order valence-corrected chi connectivity index (χ1v) is 7.80. The van der Waals surface area contributed by atoms with E-state index in [0.717, 1.165) is 22.6 Å². The molecule has 3 rings (SSSR count). The van der Waals surface area contributed by atoms with Gasteiger partial charge in [-0.15, -0.1) is 0 Å². The molecule has 3 aromatic rings. The van der Waals surface area contributed by atoms with Gasteiger partial charge in [-0.1, -0.05) is 48.0 Å². The molecule has 122 valence electrons. The van der Waals surface area contributed by atoms with Crippen molar-refractivity contribution < 1.29 is 4.79 Å². The minimum absolute atomic E-state index is 0.268. The number of aromatic nitrogens is 2. The molecule has 0 saturated carbocycles. The Bertz CT molecular complexity index is 826. The number of urea groups is 1. The largest absolute Gasteiger partial charge is 0.336 e. The topological polar surface area (TPSA) is 59.0 Å². The molecule has 24 heavy (non-hydrogen) atoms. The van der Waals surface area contributed by atoms with Crippen LogP contribution in [0.15, 0.2) is 67.0 Å². The van der Waals surface area contributed by atoms with Gasteiger partial charge in [0.05, 0.1) is 0 Å². The van der Waals surface area contributed by atoms with Crippen molar-refractivity contribution in [2.75, 3.05) is 5.32 Å². The van der Waals surface area contributed by atoms with Crippen LogP contribution in [0.25, 0.3) is 0 Å². The minimum Gasteiger partial charge on any atom is -0.336 e. The van der Waals surface area contributed by atoms with Gasteiger partial charge in [0.15, 0.2) is 0 Å². The molecule has 1 atom stereocenters. The third-order valence-corrected chi connectivity index (χ3v) is 3.80. The molecule has 5 heteroatoms. The van der Waals surface area contributed by atoms with Crippen molar-refractivity contribution in [3.05, 3.63) is 83.9 Å². The first kappa shape index (κ1) is 15.8. The predicted octanol–water partition coefficient (Wildman–Crippen LogP) is 3.64. The Hall–Kier alpha value is -3.08. The lowest BCUT2D eigenvalue weighted by atomic mass is 10.0. The average Bonchev–Trinajstić information content (AvgIpc) is 2.99. The fraction of sp³-hybridized carbons (Fsp3) is 0.158. The van der Waals surface area contributed by atoms with Crippen molar-refractivity contribution in [3.63, 3.8) is 0 Å². The van der Waals surface area contributed by atoms with Crippen LogP contribution in [0.5, 0.6) is 0 Å². The fourth-order valence-corrected chi connectivity index (χ4v) is 2.62. The maximum Gasteiger partial charge on any atom is 0.320 e. The Labute approximate surface area is 141 Å². The lowest BCUT2D eigenvalue weighted by Crippen LogP contribution is -2.34. The number of aryl methyl sites for hydroxylation is 2. The number of nitrogens with one attached hydrogen (secondary N) is 2. The molecule has 2 N–H and O–H groups in total. The van der Waals surface area contributed by atoms with E-state index in [-0.39, 0.29) is 12.1 Å². The third kappa shape index (κ3) is 3.63. The first-order chi connectivity index (χ1) is 11.6. The van der Waals surface area contributed by atoms with E-state index in [1.165, 1.54) is 0 Å². The smallest absolute Gasteiger partial charge is 0.320 e. The van der Waals surface area contributed by atoms with E-state index in [0.29, 0.717) is 0 Å². The summed E-state index contributed by atoms with van der Waals surface area (Å²) in [7, 11) is 1.92. The molecule has 2 aromatic carbocycles. The van der Waals surface area contributed by atoms with E-state index in [2.05, 4.69) is 21.7 Å². The summed E-state index contributed by atoms with van der Waals surface area (Å²) in [5, 5.41) is 5.87. The quantitative estimate of drug-likeness (QED) is 0.771. The molecule has 0 aliphatic carbocycles. The minimum atomic E-state index is -0.325. The highest BCUT2D eigenvalue weighted by molar-refractivity contribution is 5.89. The van der Waals surface area contributed by atoms with E-state index in [1.807, 2.05) is 73.3 Å². The molecule has 0 aliphatic rings.